The van der Waals surface area contributed by atoms with Gasteiger partial charge in [-0.2, -0.15) is 0 Å². The Kier molecular flexibility index (Phi) is 10.7. The minimum absolute atomic E-state index is 0.110. The summed E-state index contributed by atoms with van der Waals surface area (Å²) >= 11 is 12.5. The number of hydrogen-bond acceptors (Lipinski definition) is 4. The van der Waals surface area contributed by atoms with Gasteiger partial charge in [0, 0.05) is 29.6 Å². The van der Waals surface area contributed by atoms with Crippen LogP contribution in [0.3, 0.4) is 0 Å². The van der Waals surface area contributed by atoms with E-state index in [1.54, 1.807) is 12.1 Å². The summed E-state index contributed by atoms with van der Waals surface area (Å²) in [4.78, 5) is 28.6. The fourth-order valence-electron chi connectivity index (χ4n) is 4.00. The number of para-hydroxylation sites is 1. The number of carbonyl (C=O) groups is 2. The molecule has 3 aromatic rings. The van der Waals surface area contributed by atoms with Crippen LogP contribution in [0.15, 0.2) is 72.8 Å². The van der Waals surface area contributed by atoms with E-state index in [-0.39, 0.29) is 23.7 Å². The molecule has 0 spiro atoms. The SMILES string of the molecule is CCCNC(=O)[C@H](Cc1ccccc1)N(Cc1ccc(Cl)cc1Cl)C(=O)CN(c1ccccc1F)S(C)(=O)=O. The Morgan fingerprint density at radius 2 is 1.67 bits per heavy atom. The van der Waals surface area contributed by atoms with Crippen LogP contribution in [0.5, 0.6) is 0 Å². The molecule has 0 aliphatic heterocycles. The molecule has 0 unspecified atom stereocenters. The van der Waals surface area contributed by atoms with Crippen molar-refractivity contribution in [2.24, 2.45) is 0 Å². The molecular weight excluding hydrogens is 564 g/mol. The summed E-state index contributed by atoms with van der Waals surface area (Å²) in [7, 11) is -4.07. The van der Waals surface area contributed by atoms with Crippen LogP contribution in [-0.4, -0.2) is 50.5 Å². The number of anilines is 1. The van der Waals surface area contributed by atoms with Crippen molar-refractivity contribution in [1.29, 1.82) is 0 Å². The Morgan fingerprint density at radius 1 is 1.00 bits per heavy atom. The quantitative estimate of drug-likeness (QED) is 0.318. The second-order valence-electron chi connectivity index (χ2n) is 8.97. The largest absolute Gasteiger partial charge is 0.354 e. The molecule has 208 valence electrons. The van der Waals surface area contributed by atoms with E-state index in [4.69, 9.17) is 23.2 Å². The van der Waals surface area contributed by atoms with Crippen molar-refractivity contribution in [3.8, 4) is 0 Å². The molecule has 1 N–H and O–H groups in total. The van der Waals surface area contributed by atoms with E-state index < -0.39 is 40.2 Å². The molecule has 3 aromatic carbocycles. The third kappa shape index (κ3) is 8.42. The van der Waals surface area contributed by atoms with Crippen LogP contribution >= 0.6 is 23.2 Å². The number of benzene rings is 3. The van der Waals surface area contributed by atoms with Gasteiger partial charge in [-0.1, -0.05) is 78.7 Å². The fourth-order valence-corrected chi connectivity index (χ4v) is 5.32. The van der Waals surface area contributed by atoms with Crippen LogP contribution in [-0.2, 0) is 32.6 Å². The summed E-state index contributed by atoms with van der Waals surface area (Å²) in [6.07, 6.45) is 1.73. The molecule has 0 heterocycles. The lowest BCUT2D eigenvalue weighted by atomic mass is 10.0. The second kappa shape index (κ2) is 13.8. The summed E-state index contributed by atoms with van der Waals surface area (Å²) in [6.45, 7) is 1.46. The topological polar surface area (TPSA) is 86.8 Å². The predicted octanol–water partition coefficient (Wildman–Crippen LogP) is 5.06. The number of nitrogens with zero attached hydrogens (tertiary/aromatic N) is 2. The summed E-state index contributed by atoms with van der Waals surface area (Å²) in [5.41, 5.74) is 1.03. The van der Waals surface area contributed by atoms with Gasteiger partial charge in [0.2, 0.25) is 21.8 Å². The Labute approximate surface area is 238 Å². The van der Waals surface area contributed by atoms with Crippen molar-refractivity contribution in [2.75, 3.05) is 23.7 Å². The van der Waals surface area contributed by atoms with Crippen molar-refractivity contribution in [1.82, 2.24) is 10.2 Å². The molecule has 0 aliphatic carbocycles. The van der Waals surface area contributed by atoms with E-state index in [9.17, 15) is 22.4 Å². The summed E-state index contributed by atoms with van der Waals surface area (Å²) < 4.78 is 40.8. The van der Waals surface area contributed by atoms with E-state index in [2.05, 4.69) is 5.32 Å². The highest BCUT2D eigenvalue weighted by molar-refractivity contribution is 7.92. The maximum Gasteiger partial charge on any atom is 0.244 e. The number of amides is 2. The first-order valence-electron chi connectivity index (χ1n) is 12.3. The zero-order valence-corrected chi connectivity index (χ0v) is 23.9. The standard InChI is InChI=1S/C28H30Cl2FN3O4S/c1-3-15-32-28(36)26(16-20-9-5-4-6-10-20)33(18-21-13-14-22(29)17-23(21)30)27(35)19-34(39(2,37)38)25-12-8-7-11-24(25)31/h4-14,17,26H,3,15-16,18-19H2,1-2H3,(H,32,36)/t26-/m0/s1. The number of sulfonamides is 1. The molecule has 2 amide bonds. The lowest BCUT2D eigenvalue weighted by molar-refractivity contribution is -0.140. The van der Waals surface area contributed by atoms with Crippen LogP contribution in [0.25, 0.3) is 0 Å². The van der Waals surface area contributed by atoms with Gasteiger partial charge in [-0.25, -0.2) is 12.8 Å². The molecule has 0 saturated heterocycles. The van der Waals surface area contributed by atoms with Crippen molar-refractivity contribution >= 4 is 50.7 Å². The first-order chi connectivity index (χ1) is 18.5. The molecule has 0 saturated carbocycles. The van der Waals surface area contributed by atoms with Crippen molar-refractivity contribution in [2.45, 2.75) is 32.4 Å². The molecule has 11 heteroatoms. The molecule has 0 fully saturated rings. The lowest BCUT2D eigenvalue weighted by Gasteiger charge is -2.33. The van der Waals surface area contributed by atoms with E-state index >= 15 is 0 Å². The molecule has 3 rings (SSSR count). The maximum absolute atomic E-state index is 14.6. The van der Waals surface area contributed by atoms with Gasteiger partial charge >= 0.3 is 0 Å². The van der Waals surface area contributed by atoms with Crippen LogP contribution in [0, 0.1) is 5.82 Å². The van der Waals surface area contributed by atoms with Crippen molar-refractivity contribution in [3.63, 3.8) is 0 Å². The third-order valence-corrected chi connectivity index (χ3v) is 7.69. The highest BCUT2D eigenvalue weighted by Crippen LogP contribution is 2.26. The van der Waals surface area contributed by atoms with Gasteiger partial charge in [0.25, 0.3) is 0 Å². The number of nitrogens with one attached hydrogen (secondary N) is 1. The van der Waals surface area contributed by atoms with Gasteiger partial charge in [-0.05, 0) is 41.8 Å². The van der Waals surface area contributed by atoms with E-state index in [0.717, 1.165) is 17.9 Å². The zero-order chi connectivity index (χ0) is 28.6. The van der Waals surface area contributed by atoms with Crippen LogP contribution in [0.2, 0.25) is 10.0 Å². The number of rotatable bonds is 12. The van der Waals surface area contributed by atoms with Gasteiger partial charge in [0.05, 0.1) is 11.9 Å². The van der Waals surface area contributed by atoms with E-state index in [0.29, 0.717) is 27.9 Å². The van der Waals surface area contributed by atoms with Gasteiger partial charge in [-0.15, -0.1) is 0 Å². The minimum atomic E-state index is -4.07. The summed E-state index contributed by atoms with van der Waals surface area (Å²) in [5.74, 6) is -1.91. The van der Waals surface area contributed by atoms with Crippen molar-refractivity contribution in [3.05, 3.63) is 99.8 Å². The van der Waals surface area contributed by atoms with E-state index in [1.807, 2.05) is 37.3 Å². The van der Waals surface area contributed by atoms with Gasteiger partial charge in [0.1, 0.15) is 18.4 Å². The Balaban J connectivity index is 2.08. The minimum Gasteiger partial charge on any atom is -0.354 e. The molecule has 7 nitrogen and oxygen atoms in total. The molecule has 0 bridgehead atoms. The molecular formula is C28H30Cl2FN3O4S. The fraction of sp³-hybridized carbons (Fsp3) is 0.286. The van der Waals surface area contributed by atoms with Crippen LogP contribution in [0.1, 0.15) is 24.5 Å². The first kappa shape index (κ1) is 30.4. The highest BCUT2D eigenvalue weighted by Gasteiger charge is 2.33. The van der Waals surface area contributed by atoms with Gasteiger partial charge in [0.15, 0.2) is 0 Å². The zero-order valence-electron chi connectivity index (χ0n) is 21.6. The Bertz CT molecular complexity index is 1410. The number of halogens is 3. The summed E-state index contributed by atoms with van der Waals surface area (Å²) in [5, 5.41) is 3.52. The molecule has 0 aliphatic rings. The molecule has 0 radical (unpaired) electrons. The maximum atomic E-state index is 14.6. The average Bonchev–Trinajstić information content (AvgIpc) is 2.89. The van der Waals surface area contributed by atoms with E-state index in [1.165, 1.54) is 29.2 Å². The summed E-state index contributed by atoms with van der Waals surface area (Å²) in [6, 6.07) is 18.2. The molecule has 1 atom stereocenters. The van der Waals surface area contributed by atoms with Crippen LogP contribution < -0.4 is 9.62 Å². The second-order valence-corrected chi connectivity index (χ2v) is 11.7. The number of hydrogen-bond donors (Lipinski definition) is 1. The highest BCUT2D eigenvalue weighted by atomic mass is 35.5. The third-order valence-electron chi connectivity index (χ3n) is 5.98. The average molecular weight is 595 g/mol. The number of carbonyl (C=O) groups excluding carboxylic acids is 2. The van der Waals surface area contributed by atoms with Gasteiger partial charge < -0.3 is 10.2 Å². The van der Waals surface area contributed by atoms with Crippen molar-refractivity contribution < 1.29 is 22.4 Å². The lowest BCUT2D eigenvalue weighted by Crippen LogP contribution is -2.53. The molecule has 39 heavy (non-hydrogen) atoms. The Hall–Kier alpha value is -3.14. The predicted molar refractivity (Wildman–Crippen MR) is 153 cm³/mol. The monoisotopic (exact) mass is 593 g/mol. The Morgan fingerprint density at radius 3 is 2.28 bits per heavy atom. The van der Waals surface area contributed by atoms with Crippen LogP contribution in [0.4, 0.5) is 10.1 Å². The normalized spacial score (nSPS) is 12.0. The first-order valence-corrected chi connectivity index (χ1v) is 14.9. The van der Waals surface area contributed by atoms with Gasteiger partial charge in [-0.3, -0.25) is 13.9 Å². The smallest absolute Gasteiger partial charge is 0.244 e. The molecule has 0 aromatic heterocycles.